The summed E-state index contributed by atoms with van der Waals surface area (Å²) in [6.45, 7) is 2.38. The highest BCUT2D eigenvalue weighted by Crippen LogP contribution is 2.31. The van der Waals surface area contributed by atoms with Crippen LogP contribution in [0.1, 0.15) is 21.6 Å². The van der Waals surface area contributed by atoms with Gasteiger partial charge in [-0.1, -0.05) is 6.07 Å². The Morgan fingerprint density at radius 2 is 1.96 bits per heavy atom. The van der Waals surface area contributed by atoms with Gasteiger partial charge < -0.3 is 24.7 Å². The van der Waals surface area contributed by atoms with E-state index < -0.39 is 22.8 Å². The average Bonchev–Trinajstić information content (AvgIpc) is 2.85. The Labute approximate surface area is 150 Å². The second kappa shape index (κ2) is 6.34. The molecular weight excluding hydrogens is 334 g/mol. The number of aromatic nitrogens is 2. The van der Waals surface area contributed by atoms with Gasteiger partial charge in [0.25, 0.3) is 5.56 Å². The molecule has 3 rings (SSSR count). The van der Waals surface area contributed by atoms with E-state index in [1.54, 1.807) is 6.92 Å². The molecule has 26 heavy (non-hydrogen) atoms. The van der Waals surface area contributed by atoms with Gasteiger partial charge in [0.05, 0.1) is 5.69 Å². The van der Waals surface area contributed by atoms with Crippen LogP contribution >= 0.6 is 0 Å². The highest BCUT2D eigenvalue weighted by Gasteiger charge is 2.20. The topological polar surface area (TPSA) is 98.6 Å². The molecule has 2 heterocycles. The summed E-state index contributed by atoms with van der Waals surface area (Å²) in [5, 5.41) is 20.2. The van der Waals surface area contributed by atoms with Crippen LogP contribution in [0.2, 0.25) is 0 Å². The molecule has 1 aromatic carbocycles. The first-order valence-electron chi connectivity index (χ1n) is 8.13. The Hall–Kier alpha value is -3.06. The van der Waals surface area contributed by atoms with Crippen LogP contribution in [0, 0.1) is 6.92 Å². The molecule has 2 aromatic heterocycles. The molecule has 7 nitrogen and oxygen atoms in total. The molecule has 136 valence electrons. The molecule has 0 amide bonds. The third-order valence-electron chi connectivity index (χ3n) is 4.56. The number of aromatic amines is 1. The number of aromatic carboxylic acids is 1. The van der Waals surface area contributed by atoms with Crippen molar-refractivity contribution in [2.45, 2.75) is 13.5 Å². The van der Waals surface area contributed by atoms with E-state index in [0.29, 0.717) is 16.8 Å². The maximum atomic E-state index is 12.1. The molecule has 0 saturated carbocycles. The third kappa shape index (κ3) is 2.86. The summed E-state index contributed by atoms with van der Waals surface area (Å²) in [6, 6.07) is 7.80. The van der Waals surface area contributed by atoms with Crippen molar-refractivity contribution in [1.82, 2.24) is 14.5 Å². The van der Waals surface area contributed by atoms with Crippen molar-refractivity contribution < 1.29 is 15.0 Å². The van der Waals surface area contributed by atoms with Gasteiger partial charge in [-0.25, -0.2) is 4.79 Å². The minimum atomic E-state index is -1.45. The number of pyridine rings is 1. The number of nitrogens with one attached hydrogen (secondary N) is 1. The van der Waals surface area contributed by atoms with Gasteiger partial charge in [0.1, 0.15) is 5.75 Å². The molecule has 0 spiro atoms. The number of carbonyl (C=O) groups is 1. The van der Waals surface area contributed by atoms with E-state index in [9.17, 15) is 14.7 Å². The van der Waals surface area contributed by atoms with Crippen LogP contribution in [0.15, 0.2) is 29.1 Å². The highest BCUT2D eigenvalue weighted by molar-refractivity contribution is 5.92. The van der Waals surface area contributed by atoms with E-state index >= 15 is 0 Å². The molecule has 0 unspecified atom stereocenters. The largest absolute Gasteiger partial charge is 0.506 e. The number of carboxylic acids is 1. The predicted octanol–water partition coefficient (Wildman–Crippen LogP) is 2.31. The van der Waals surface area contributed by atoms with Gasteiger partial charge in [0.2, 0.25) is 0 Å². The number of nitrogens with zero attached hydrogens (tertiary/aromatic N) is 2. The number of aryl methyl sites for hydroxylation is 1. The fourth-order valence-corrected chi connectivity index (χ4v) is 3.21. The van der Waals surface area contributed by atoms with Crippen LogP contribution in [0.5, 0.6) is 5.75 Å². The minimum absolute atomic E-state index is 0.325. The molecule has 0 atom stereocenters. The summed E-state index contributed by atoms with van der Waals surface area (Å²) >= 11 is 0. The summed E-state index contributed by atoms with van der Waals surface area (Å²) in [5.74, 6) is -1.96. The van der Waals surface area contributed by atoms with Crippen molar-refractivity contribution in [3.63, 3.8) is 0 Å². The fourth-order valence-electron chi connectivity index (χ4n) is 3.21. The van der Waals surface area contributed by atoms with Crippen molar-refractivity contribution in [2.75, 3.05) is 14.1 Å². The molecule has 0 fully saturated rings. The lowest BCUT2D eigenvalue weighted by molar-refractivity contribution is 0.0691. The Morgan fingerprint density at radius 3 is 2.58 bits per heavy atom. The van der Waals surface area contributed by atoms with Gasteiger partial charge in [-0.15, -0.1) is 0 Å². The number of H-pyrrole nitrogens is 1. The zero-order chi connectivity index (χ0) is 19.2. The molecule has 0 aliphatic rings. The normalized spacial score (nSPS) is 11.4. The third-order valence-corrected chi connectivity index (χ3v) is 4.56. The van der Waals surface area contributed by atoms with Crippen LogP contribution in [0.3, 0.4) is 0 Å². The molecule has 3 N–H and O–H groups in total. The Balaban J connectivity index is 2.18. The fraction of sp³-hybridized carbons (Fsp3) is 0.263. The van der Waals surface area contributed by atoms with E-state index in [1.807, 2.05) is 39.3 Å². The monoisotopic (exact) mass is 355 g/mol. The molecule has 0 aliphatic heterocycles. The SMILES string of the molecule is Cc1c(-c2ccc3c(c2)cc(CN(C)C)n3C)[nH]c(=O)c(C(=O)O)c1O. The van der Waals surface area contributed by atoms with Gasteiger partial charge in [-0.3, -0.25) is 4.79 Å². The van der Waals surface area contributed by atoms with Crippen molar-refractivity contribution in [1.29, 1.82) is 0 Å². The Morgan fingerprint density at radius 1 is 1.27 bits per heavy atom. The number of rotatable bonds is 4. The van der Waals surface area contributed by atoms with E-state index in [0.717, 1.165) is 23.1 Å². The molecule has 0 bridgehead atoms. The molecule has 7 heteroatoms. The maximum absolute atomic E-state index is 12.1. The van der Waals surface area contributed by atoms with Crippen LogP contribution in [0.4, 0.5) is 0 Å². The number of aromatic hydroxyl groups is 1. The number of carboxylic acid groups (broad SMARTS) is 1. The number of hydrogen-bond acceptors (Lipinski definition) is 4. The molecule has 0 radical (unpaired) electrons. The molecule has 0 aliphatic carbocycles. The van der Waals surface area contributed by atoms with Gasteiger partial charge in [-0.2, -0.15) is 0 Å². The van der Waals surface area contributed by atoms with Gasteiger partial charge in [0.15, 0.2) is 5.56 Å². The Kier molecular flexibility index (Phi) is 4.33. The number of fused-ring (bicyclic) bond motifs is 1. The first kappa shape index (κ1) is 17.8. The van der Waals surface area contributed by atoms with Crippen LogP contribution in [-0.2, 0) is 13.6 Å². The van der Waals surface area contributed by atoms with Crippen LogP contribution < -0.4 is 5.56 Å². The summed E-state index contributed by atoms with van der Waals surface area (Å²) < 4.78 is 2.11. The second-order valence-corrected chi connectivity index (χ2v) is 6.69. The van der Waals surface area contributed by atoms with Gasteiger partial charge in [-0.05, 0) is 44.8 Å². The van der Waals surface area contributed by atoms with E-state index in [2.05, 4.69) is 20.5 Å². The summed E-state index contributed by atoms with van der Waals surface area (Å²) in [7, 11) is 6.01. The lowest BCUT2D eigenvalue weighted by atomic mass is 10.0. The Bertz CT molecular complexity index is 1080. The molecule has 0 saturated heterocycles. The zero-order valence-corrected chi connectivity index (χ0v) is 15.1. The average molecular weight is 355 g/mol. The van der Waals surface area contributed by atoms with E-state index in [1.165, 1.54) is 0 Å². The van der Waals surface area contributed by atoms with Gasteiger partial charge in [0, 0.05) is 35.8 Å². The number of hydrogen-bond donors (Lipinski definition) is 3. The number of benzene rings is 1. The first-order valence-corrected chi connectivity index (χ1v) is 8.13. The molecule has 3 aromatic rings. The minimum Gasteiger partial charge on any atom is -0.506 e. The summed E-state index contributed by atoms with van der Waals surface area (Å²) in [6.07, 6.45) is 0. The first-order chi connectivity index (χ1) is 12.2. The second-order valence-electron chi connectivity index (χ2n) is 6.69. The predicted molar refractivity (Wildman–Crippen MR) is 99.7 cm³/mol. The van der Waals surface area contributed by atoms with Crippen molar-refractivity contribution in [3.8, 4) is 17.0 Å². The van der Waals surface area contributed by atoms with Gasteiger partial charge >= 0.3 is 5.97 Å². The van der Waals surface area contributed by atoms with E-state index in [4.69, 9.17) is 5.11 Å². The highest BCUT2D eigenvalue weighted by atomic mass is 16.4. The van der Waals surface area contributed by atoms with Crippen LogP contribution in [0.25, 0.3) is 22.2 Å². The lowest BCUT2D eigenvalue weighted by Crippen LogP contribution is -2.19. The quantitative estimate of drug-likeness (QED) is 0.667. The van der Waals surface area contributed by atoms with E-state index in [-0.39, 0.29) is 0 Å². The summed E-state index contributed by atoms with van der Waals surface area (Å²) in [4.78, 5) is 27.9. The van der Waals surface area contributed by atoms with Crippen molar-refractivity contribution >= 4 is 16.9 Å². The lowest BCUT2D eigenvalue weighted by Gasteiger charge is -2.11. The zero-order valence-electron chi connectivity index (χ0n) is 15.1. The van der Waals surface area contributed by atoms with Crippen molar-refractivity contribution in [3.05, 3.63) is 51.4 Å². The summed E-state index contributed by atoms with van der Waals surface area (Å²) in [5.41, 5.74) is 2.19. The van der Waals surface area contributed by atoms with Crippen molar-refractivity contribution in [2.24, 2.45) is 7.05 Å². The van der Waals surface area contributed by atoms with Crippen LogP contribution in [-0.4, -0.2) is 44.7 Å². The molecular formula is C19H21N3O4. The smallest absolute Gasteiger partial charge is 0.345 e. The standard InChI is InChI=1S/C19H21N3O4/c1-10-16(20-18(24)15(17(10)23)19(25)26)11-5-6-14-12(7-11)8-13(22(14)4)9-21(2)3/h5-8H,9H2,1-4H3,(H,25,26)(H2,20,23,24). The maximum Gasteiger partial charge on any atom is 0.345 e.